The summed E-state index contributed by atoms with van der Waals surface area (Å²) in [5.74, 6) is -0.350. The summed E-state index contributed by atoms with van der Waals surface area (Å²) in [7, 11) is 0. The van der Waals surface area contributed by atoms with Crippen molar-refractivity contribution in [2.75, 3.05) is 0 Å². The molecule has 0 radical (unpaired) electrons. The fourth-order valence-electron chi connectivity index (χ4n) is 1.23. The van der Waals surface area contributed by atoms with Crippen molar-refractivity contribution in [3.05, 3.63) is 54.1 Å². The number of phenolic OH excluding ortho intramolecular Hbond substituents is 1. The molecule has 0 saturated heterocycles. The minimum absolute atomic E-state index is 0.0406. The van der Waals surface area contributed by atoms with Gasteiger partial charge in [-0.2, -0.15) is 0 Å². The molecule has 1 N–H and O–H groups in total. The smallest absolute Gasteiger partial charge is 0.215 e. The molecule has 74 valence electrons. The van der Waals surface area contributed by atoms with Gasteiger partial charge in [0.2, 0.25) is 5.78 Å². The second-order valence-corrected chi connectivity index (χ2v) is 2.94. The molecule has 1 heterocycles. The zero-order valence-corrected chi connectivity index (χ0v) is 7.79. The van der Waals surface area contributed by atoms with E-state index < -0.39 is 0 Å². The topological polar surface area (TPSA) is 63.1 Å². The maximum atomic E-state index is 11.8. The van der Waals surface area contributed by atoms with Crippen molar-refractivity contribution in [1.29, 1.82) is 0 Å². The molecule has 0 aliphatic rings. The Balaban J connectivity index is 2.42. The highest BCUT2D eigenvalue weighted by atomic mass is 16.3. The number of carbonyl (C=O) groups excluding carboxylic acids is 1. The number of ketones is 1. The standard InChI is InChI=1S/C11H8N2O2/c14-10-4-2-1-3-8(10)11(15)9-5-6-12-7-13-9/h1-7,14H. The van der Waals surface area contributed by atoms with Crippen LogP contribution in [-0.4, -0.2) is 20.9 Å². The van der Waals surface area contributed by atoms with E-state index in [1.54, 1.807) is 18.2 Å². The fourth-order valence-corrected chi connectivity index (χ4v) is 1.23. The van der Waals surface area contributed by atoms with Crippen LogP contribution in [0.15, 0.2) is 42.9 Å². The van der Waals surface area contributed by atoms with Gasteiger partial charge < -0.3 is 5.11 Å². The highest BCUT2D eigenvalue weighted by Crippen LogP contribution is 2.18. The Hall–Kier alpha value is -2.23. The molecule has 2 aromatic rings. The molecule has 0 unspecified atom stereocenters. The number of phenols is 1. The molecule has 15 heavy (non-hydrogen) atoms. The zero-order chi connectivity index (χ0) is 10.7. The average molecular weight is 200 g/mol. The summed E-state index contributed by atoms with van der Waals surface area (Å²) < 4.78 is 0. The van der Waals surface area contributed by atoms with Crippen LogP contribution in [0.3, 0.4) is 0 Å². The first kappa shape index (κ1) is 9.33. The van der Waals surface area contributed by atoms with Gasteiger partial charge in [0.25, 0.3) is 0 Å². The molecule has 0 fully saturated rings. The van der Waals surface area contributed by atoms with Crippen molar-refractivity contribution in [1.82, 2.24) is 9.97 Å². The van der Waals surface area contributed by atoms with Crippen molar-refractivity contribution in [2.24, 2.45) is 0 Å². The second-order valence-electron chi connectivity index (χ2n) is 2.94. The predicted molar refractivity (Wildman–Crippen MR) is 53.6 cm³/mol. The molecule has 2 rings (SSSR count). The van der Waals surface area contributed by atoms with Crippen LogP contribution in [0, 0.1) is 0 Å². The maximum Gasteiger partial charge on any atom is 0.215 e. The fraction of sp³-hybridized carbons (Fsp3) is 0. The van der Waals surface area contributed by atoms with Gasteiger partial charge in [-0.15, -0.1) is 0 Å². The highest BCUT2D eigenvalue weighted by molar-refractivity contribution is 6.09. The molecule has 4 nitrogen and oxygen atoms in total. The Labute approximate surface area is 86.2 Å². The van der Waals surface area contributed by atoms with Crippen molar-refractivity contribution < 1.29 is 9.90 Å². The monoisotopic (exact) mass is 200 g/mol. The normalized spacial score (nSPS) is 9.87. The van der Waals surface area contributed by atoms with Crippen LogP contribution in [-0.2, 0) is 0 Å². The molecule has 1 aromatic heterocycles. The SMILES string of the molecule is O=C(c1ccncn1)c1ccccc1O. The molecule has 0 saturated carbocycles. The van der Waals surface area contributed by atoms with Gasteiger partial charge >= 0.3 is 0 Å². The number of hydrogen-bond donors (Lipinski definition) is 1. The first-order valence-corrected chi connectivity index (χ1v) is 4.38. The van der Waals surface area contributed by atoms with E-state index in [1.807, 2.05) is 0 Å². The third kappa shape index (κ3) is 1.83. The van der Waals surface area contributed by atoms with Gasteiger partial charge in [-0.1, -0.05) is 12.1 Å². The molecule has 0 amide bonds. The average Bonchev–Trinajstić information content (AvgIpc) is 2.30. The van der Waals surface area contributed by atoms with Gasteiger partial charge in [0, 0.05) is 6.20 Å². The van der Waals surface area contributed by atoms with Gasteiger partial charge in [0.15, 0.2) is 0 Å². The second kappa shape index (κ2) is 3.88. The van der Waals surface area contributed by atoms with E-state index in [4.69, 9.17) is 0 Å². The molecule has 0 aliphatic heterocycles. The molecule has 4 heteroatoms. The zero-order valence-electron chi connectivity index (χ0n) is 7.79. The van der Waals surface area contributed by atoms with Crippen molar-refractivity contribution in [2.45, 2.75) is 0 Å². The molecule has 0 atom stereocenters. The van der Waals surface area contributed by atoms with Gasteiger partial charge in [0.05, 0.1) is 5.56 Å². The lowest BCUT2D eigenvalue weighted by Gasteiger charge is -2.01. The first-order chi connectivity index (χ1) is 7.29. The summed E-state index contributed by atoms with van der Waals surface area (Å²) in [4.78, 5) is 19.4. The lowest BCUT2D eigenvalue weighted by Crippen LogP contribution is -2.04. The maximum absolute atomic E-state index is 11.8. The minimum Gasteiger partial charge on any atom is -0.507 e. The van der Waals surface area contributed by atoms with E-state index in [2.05, 4.69) is 9.97 Å². The predicted octanol–water partition coefficient (Wildman–Crippen LogP) is 1.41. The molecule has 1 aromatic carbocycles. The third-order valence-corrected chi connectivity index (χ3v) is 1.96. The summed E-state index contributed by atoms with van der Waals surface area (Å²) in [5.41, 5.74) is 0.516. The van der Waals surface area contributed by atoms with Gasteiger partial charge in [-0.05, 0) is 18.2 Å². The molecular formula is C11H8N2O2. The number of nitrogens with zero attached hydrogens (tertiary/aromatic N) is 2. The molecule has 0 bridgehead atoms. The van der Waals surface area contributed by atoms with E-state index in [0.717, 1.165) is 0 Å². The Morgan fingerprint density at radius 3 is 2.67 bits per heavy atom. The Bertz CT molecular complexity index is 483. The molecule has 0 aliphatic carbocycles. The highest BCUT2D eigenvalue weighted by Gasteiger charge is 2.13. The quantitative estimate of drug-likeness (QED) is 0.744. The van der Waals surface area contributed by atoms with E-state index >= 15 is 0 Å². The summed E-state index contributed by atoms with van der Waals surface area (Å²) >= 11 is 0. The lowest BCUT2D eigenvalue weighted by molar-refractivity contribution is 0.103. The van der Waals surface area contributed by atoms with E-state index in [0.29, 0.717) is 0 Å². The summed E-state index contributed by atoms with van der Waals surface area (Å²) in [6.07, 6.45) is 2.79. The number of carbonyl (C=O) groups is 1. The summed E-state index contributed by atoms with van der Waals surface area (Å²) in [6.45, 7) is 0. The van der Waals surface area contributed by atoms with Crippen molar-refractivity contribution in [3.63, 3.8) is 0 Å². The lowest BCUT2D eigenvalue weighted by atomic mass is 10.1. The third-order valence-electron chi connectivity index (χ3n) is 1.96. The summed E-state index contributed by atoms with van der Waals surface area (Å²) in [6, 6.07) is 7.88. The van der Waals surface area contributed by atoms with Gasteiger partial charge in [0.1, 0.15) is 17.8 Å². The van der Waals surface area contributed by atoms with Gasteiger partial charge in [-0.3, -0.25) is 4.79 Å². The van der Waals surface area contributed by atoms with Crippen LogP contribution in [0.5, 0.6) is 5.75 Å². The molecular weight excluding hydrogens is 192 g/mol. The minimum atomic E-state index is -0.310. The number of benzene rings is 1. The number of aromatic hydroxyl groups is 1. The molecule has 0 spiro atoms. The number of rotatable bonds is 2. The van der Waals surface area contributed by atoms with Gasteiger partial charge in [-0.25, -0.2) is 9.97 Å². The largest absolute Gasteiger partial charge is 0.507 e. The number of hydrogen-bond acceptors (Lipinski definition) is 4. The van der Waals surface area contributed by atoms with Crippen molar-refractivity contribution >= 4 is 5.78 Å². The Morgan fingerprint density at radius 2 is 2.00 bits per heavy atom. The van der Waals surface area contributed by atoms with E-state index in [-0.39, 0.29) is 22.8 Å². The number of para-hydroxylation sites is 1. The summed E-state index contributed by atoms with van der Waals surface area (Å²) in [5, 5.41) is 9.48. The van der Waals surface area contributed by atoms with Crippen LogP contribution in [0.4, 0.5) is 0 Å². The van der Waals surface area contributed by atoms with E-state index in [1.165, 1.54) is 24.7 Å². The van der Waals surface area contributed by atoms with Crippen LogP contribution < -0.4 is 0 Å². The van der Waals surface area contributed by atoms with Crippen LogP contribution in [0.1, 0.15) is 16.1 Å². The van der Waals surface area contributed by atoms with E-state index in [9.17, 15) is 9.90 Å². The first-order valence-electron chi connectivity index (χ1n) is 4.38. The van der Waals surface area contributed by atoms with Crippen LogP contribution >= 0.6 is 0 Å². The van der Waals surface area contributed by atoms with Crippen molar-refractivity contribution in [3.8, 4) is 5.75 Å². The Kier molecular flexibility index (Phi) is 2.41. The Morgan fingerprint density at radius 1 is 1.20 bits per heavy atom. The number of aromatic nitrogens is 2. The van der Waals surface area contributed by atoms with Crippen LogP contribution in [0.2, 0.25) is 0 Å². The van der Waals surface area contributed by atoms with Crippen LogP contribution in [0.25, 0.3) is 0 Å².